The Bertz CT molecular complexity index is 1970. The van der Waals surface area contributed by atoms with Crippen LogP contribution in [0.2, 0.25) is 0 Å². The zero-order valence-electron chi connectivity index (χ0n) is 25.0. The van der Waals surface area contributed by atoms with E-state index in [4.69, 9.17) is 4.74 Å². The summed E-state index contributed by atoms with van der Waals surface area (Å²) in [5.41, 5.74) is 3.30. The van der Waals surface area contributed by atoms with Gasteiger partial charge in [-0.3, -0.25) is 28.9 Å². The van der Waals surface area contributed by atoms with E-state index in [0.29, 0.717) is 38.0 Å². The van der Waals surface area contributed by atoms with Crippen molar-refractivity contribution >= 4 is 50.8 Å². The first-order valence-corrected chi connectivity index (χ1v) is 15.7. The van der Waals surface area contributed by atoms with Crippen LogP contribution in [0.25, 0.3) is 0 Å². The quantitative estimate of drug-likeness (QED) is 0.152. The zero-order chi connectivity index (χ0) is 32.4. The Morgan fingerprint density at radius 1 is 0.935 bits per heavy atom. The number of carbonyl (C=O) groups excluding carboxylic acids is 5. The summed E-state index contributed by atoms with van der Waals surface area (Å²) in [6.07, 6.45) is 3.59. The van der Waals surface area contributed by atoms with Crippen molar-refractivity contribution in [3.05, 3.63) is 122 Å². The van der Waals surface area contributed by atoms with Crippen LogP contribution in [0.5, 0.6) is 11.5 Å². The molecule has 46 heavy (non-hydrogen) atoms. The van der Waals surface area contributed by atoms with Gasteiger partial charge in [0.2, 0.25) is 11.8 Å². The molecular formula is C37H28BrNO7. The fourth-order valence-electron chi connectivity index (χ4n) is 7.46. The van der Waals surface area contributed by atoms with Crippen LogP contribution in [-0.2, 0) is 19.2 Å². The number of aromatic hydroxyl groups is 1. The van der Waals surface area contributed by atoms with E-state index in [2.05, 4.69) is 15.9 Å². The highest BCUT2D eigenvalue weighted by Gasteiger charge is 2.57. The van der Waals surface area contributed by atoms with Gasteiger partial charge in [-0.05, 0) is 68.2 Å². The van der Waals surface area contributed by atoms with E-state index < -0.39 is 29.6 Å². The summed E-state index contributed by atoms with van der Waals surface area (Å²) in [7, 11) is 1.42. The van der Waals surface area contributed by atoms with Crippen LogP contribution < -0.4 is 9.64 Å². The van der Waals surface area contributed by atoms with Gasteiger partial charge < -0.3 is 9.84 Å². The van der Waals surface area contributed by atoms with Gasteiger partial charge in [0.25, 0.3) is 0 Å². The summed E-state index contributed by atoms with van der Waals surface area (Å²) in [5, 5.41) is 11.3. The molecule has 3 aliphatic carbocycles. The van der Waals surface area contributed by atoms with Gasteiger partial charge in [-0.25, -0.2) is 0 Å². The number of rotatable bonds is 5. The summed E-state index contributed by atoms with van der Waals surface area (Å²) in [6, 6.07) is 18.6. The lowest BCUT2D eigenvalue weighted by Gasteiger charge is -2.42. The Morgan fingerprint density at radius 2 is 1.63 bits per heavy atom. The number of ether oxygens (including phenoxy) is 1. The summed E-state index contributed by atoms with van der Waals surface area (Å²) in [4.78, 5) is 69.3. The molecule has 1 aliphatic heterocycles. The fourth-order valence-corrected chi connectivity index (χ4v) is 7.91. The summed E-state index contributed by atoms with van der Waals surface area (Å²) in [6.45, 7) is 1.59. The molecule has 0 bridgehead atoms. The maximum Gasteiger partial charge on any atom is 0.238 e. The van der Waals surface area contributed by atoms with Crippen LogP contribution in [0.1, 0.15) is 47.2 Å². The predicted molar refractivity (Wildman–Crippen MR) is 172 cm³/mol. The SMILES string of the molecule is COc1cc(Br)cc(C2C3=CCC4C(=O)N(c5ccc(C(=O)c6ccccc6)cc5)C(=O)C4C3CC3=C2C(=O)C(C)=CC3=O)c1O. The molecular weight excluding hydrogens is 650 g/mol. The number of nitrogens with zero attached hydrogens (tertiary/aromatic N) is 1. The molecule has 7 rings (SSSR count). The van der Waals surface area contributed by atoms with E-state index in [9.17, 15) is 29.1 Å². The lowest BCUT2D eigenvalue weighted by molar-refractivity contribution is -0.123. The number of phenols is 1. The number of methoxy groups -OCH3 is 1. The van der Waals surface area contributed by atoms with Crippen molar-refractivity contribution in [3.8, 4) is 11.5 Å². The summed E-state index contributed by atoms with van der Waals surface area (Å²) >= 11 is 3.48. The molecule has 0 saturated carbocycles. The second-order valence-corrected chi connectivity index (χ2v) is 12.9. The number of halogens is 1. The highest BCUT2D eigenvalue weighted by molar-refractivity contribution is 9.10. The number of Topliss-reactive ketones (excluding diaryl/α,β-unsaturated/α-hetero) is 1. The molecule has 4 aliphatic rings. The van der Waals surface area contributed by atoms with E-state index in [1.807, 2.05) is 12.1 Å². The molecule has 1 fully saturated rings. The number of ketones is 3. The second kappa shape index (κ2) is 11.2. The molecule has 0 aromatic heterocycles. The Kier molecular flexibility index (Phi) is 7.24. The van der Waals surface area contributed by atoms with E-state index in [1.54, 1.807) is 67.6 Å². The Hall–Kier alpha value is -4.89. The van der Waals surface area contributed by atoms with Gasteiger partial charge in [-0.15, -0.1) is 0 Å². The summed E-state index contributed by atoms with van der Waals surface area (Å²) in [5.74, 6) is -4.31. The topological polar surface area (TPSA) is 118 Å². The van der Waals surface area contributed by atoms with Crippen LogP contribution in [-0.4, -0.2) is 41.4 Å². The zero-order valence-corrected chi connectivity index (χ0v) is 26.5. The third-order valence-corrected chi connectivity index (χ3v) is 10.0. The highest BCUT2D eigenvalue weighted by atomic mass is 79.9. The first kappa shape index (κ1) is 29.8. The van der Waals surface area contributed by atoms with Crippen LogP contribution in [0, 0.1) is 17.8 Å². The minimum Gasteiger partial charge on any atom is -0.504 e. The lowest BCUT2D eigenvalue weighted by atomic mass is 9.59. The normalized spacial score (nSPS) is 23.8. The van der Waals surface area contributed by atoms with Gasteiger partial charge in [0.15, 0.2) is 28.8 Å². The smallest absolute Gasteiger partial charge is 0.238 e. The molecule has 230 valence electrons. The van der Waals surface area contributed by atoms with Crippen molar-refractivity contribution in [1.82, 2.24) is 0 Å². The number of anilines is 1. The molecule has 4 unspecified atom stereocenters. The van der Waals surface area contributed by atoms with Crippen molar-refractivity contribution < 1.29 is 33.8 Å². The maximum absolute atomic E-state index is 14.2. The molecule has 1 N–H and O–H groups in total. The van der Waals surface area contributed by atoms with Gasteiger partial charge >= 0.3 is 0 Å². The first-order chi connectivity index (χ1) is 22.1. The van der Waals surface area contributed by atoms with E-state index >= 15 is 0 Å². The van der Waals surface area contributed by atoms with E-state index in [0.717, 1.165) is 5.57 Å². The second-order valence-electron chi connectivity index (χ2n) is 12.0. The van der Waals surface area contributed by atoms with Gasteiger partial charge in [0, 0.05) is 43.8 Å². The molecule has 2 amide bonds. The minimum absolute atomic E-state index is 0.121. The van der Waals surface area contributed by atoms with Crippen LogP contribution in [0.15, 0.2) is 106 Å². The molecule has 4 atom stereocenters. The Labute approximate surface area is 273 Å². The third-order valence-electron chi connectivity index (χ3n) is 9.59. The van der Waals surface area contributed by atoms with E-state index in [-0.39, 0.29) is 53.2 Å². The van der Waals surface area contributed by atoms with Crippen LogP contribution in [0.3, 0.4) is 0 Å². The predicted octanol–water partition coefficient (Wildman–Crippen LogP) is 6.03. The number of carbonyl (C=O) groups is 5. The van der Waals surface area contributed by atoms with Gasteiger partial charge in [-0.1, -0.05) is 57.9 Å². The first-order valence-electron chi connectivity index (χ1n) is 14.9. The van der Waals surface area contributed by atoms with Crippen molar-refractivity contribution in [2.24, 2.45) is 17.8 Å². The minimum atomic E-state index is -0.818. The number of allylic oxidation sites excluding steroid dienone is 6. The number of imide groups is 1. The number of hydrogen-bond acceptors (Lipinski definition) is 7. The van der Waals surface area contributed by atoms with Gasteiger partial charge in [-0.2, -0.15) is 0 Å². The molecule has 8 nitrogen and oxygen atoms in total. The average Bonchev–Trinajstić information content (AvgIpc) is 3.33. The largest absolute Gasteiger partial charge is 0.504 e. The Balaban J connectivity index is 1.28. The van der Waals surface area contributed by atoms with Crippen molar-refractivity contribution in [1.29, 1.82) is 0 Å². The van der Waals surface area contributed by atoms with Crippen molar-refractivity contribution in [2.75, 3.05) is 12.0 Å². The third kappa shape index (κ3) is 4.52. The number of hydrogen-bond donors (Lipinski definition) is 1. The van der Waals surface area contributed by atoms with Gasteiger partial charge in [0.1, 0.15) is 0 Å². The van der Waals surface area contributed by atoms with E-state index in [1.165, 1.54) is 18.1 Å². The summed E-state index contributed by atoms with van der Waals surface area (Å²) < 4.78 is 6.01. The number of phenolic OH excluding ortho intramolecular Hbond substituents is 1. The Morgan fingerprint density at radius 3 is 2.33 bits per heavy atom. The molecule has 1 heterocycles. The molecule has 9 heteroatoms. The molecule has 0 spiro atoms. The fraction of sp³-hybridized carbons (Fsp3) is 0.216. The maximum atomic E-state index is 14.2. The van der Waals surface area contributed by atoms with Crippen LogP contribution in [0.4, 0.5) is 5.69 Å². The molecule has 1 saturated heterocycles. The monoisotopic (exact) mass is 677 g/mol. The number of benzene rings is 3. The molecule has 3 aromatic rings. The molecule has 0 radical (unpaired) electrons. The standard InChI is InChI=1S/C37H28BrNO7/c1-18-14-28(40)26-17-25-23(30(32(26)33(18)41)27-15-21(38)16-29(46-2)35(27)43)12-13-24-31(25)37(45)39(36(24)44)22-10-8-20(9-11-22)34(42)19-6-4-3-5-7-19/h3-12,14-16,24-25,30-31,43H,13,17H2,1-2H3. The van der Waals surface area contributed by atoms with Gasteiger partial charge in [0.05, 0.1) is 24.6 Å². The average molecular weight is 679 g/mol. The highest BCUT2D eigenvalue weighted by Crippen LogP contribution is 2.57. The number of amides is 2. The van der Waals surface area contributed by atoms with Crippen molar-refractivity contribution in [3.63, 3.8) is 0 Å². The molecule has 3 aromatic carbocycles. The number of fused-ring (bicyclic) bond motifs is 3. The van der Waals surface area contributed by atoms with Crippen LogP contribution >= 0.6 is 15.9 Å². The lowest BCUT2D eigenvalue weighted by Crippen LogP contribution is -2.39. The van der Waals surface area contributed by atoms with Crippen molar-refractivity contribution in [2.45, 2.75) is 25.7 Å².